The maximum atomic E-state index is 12.7. The third-order valence-electron chi connectivity index (χ3n) is 2.66. The second kappa shape index (κ2) is 3.77. The molecule has 0 spiro atoms. The van der Waals surface area contributed by atoms with Gasteiger partial charge in [0.25, 0.3) is 0 Å². The van der Waals surface area contributed by atoms with Crippen molar-refractivity contribution in [1.29, 1.82) is 0 Å². The van der Waals surface area contributed by atoms with E-state index in [1.54, 1.807) is 6.07 Å². The minimum absolute atomic E-state index is 0.289. The van der Waals surface area contributed by atoms with Gasteiger partial charge in [-0.15, -0.1) is 0 Å². The average molecular weight is 214 g/mol. The summed E-state index contributed by atoms with van der Waals surface area (Å²) in [6.45, 7) is 2.23. The van der Waals surface area contributed by atoms with Crippen molar-refractivity contribution in [2.75, 3.05) is 5.32 Å². The van der Waals surface area contributed by atoms with Crippen molar-refractivity contribution in [2.45, 2.75) is 25.8 Å². The van der Waals surface area contributed by atoms with Gasteiger partial charge in [0.2, 0.25) is 0 Å². The molecule has 0 aliphatic heterocycles. The van der Waals surface area contributed by atoms with Gasteiger partial charge in [-0.2, -0.15) is 0 Å². The Bertz CT molecular complexity index is 334. The molecule has 1 aliphatic carbocycles. The molecule has 2 rings (SSSR count). The van der Waals surface area contributed by atoms with E-state index in [-0.39, 0.29) is 5.82 Å². The molecule has 1 saturated carbocycles. The van der Waals surface area contributed by atoms with E-state index < -0.39 is 0 Å². The highest BCUT2D eigenvalue weighted by Crippen LogP contribution is 2.32. The maximum Gasteiger partial charge on any atom is 0.124 e. The second-order valence-corrected chi connectivity index (χ2v) is 4.45. The lowest BCUT2D eigenvalue weighted by molar-refractivity contribution is 0.309. The first-order valence-corrected chi connectivity index (χ1v) is 5.24. The molecule has 1 aromatic rings. The molecule has 1 aliphatic rings. The molecule has 1 N–H and O–H groups in total. The molecule has 0 radical (unpaired) electrons. The van der Waals surface area contributed by atoms with Crippen molar-refractivity contribution in [3.63, 3.8) is 0 Å². The van der Waals surface area contributed by atoms with E-state index in [0.717, 1.165) is 11.6 Å². The Hall–Kier alpha value is -0.760. The van der Waals surface area contributed by atoms with Gasteiger partial charge in [0.1, 0.15) is 5.82 Å². The van der Waals surface area contributed by atoms with Gasteiger partial charge in [0, 0.05) is 6.04 Å². The van der Waals surface area contributed by atoms with E-state index in [4.69, 9.17) is 11.6 Å². The van der Waals surface area contributed by atoms with Crippen LogP contribution in [0.25, 0.3) is 0 Å². The number of nitrogens with one attached hydrogen (secondary N) is 1. The van der Waals surface area contributed by atoms with Crippen LogP contribution >= 0.6 is 11.6 Å². The summed E-state index contributed by atoms with van der Waals surface area (Å²) in [5, 5.41) is 3.77. The zero-order valence-electron chi connectivity index (χ0n) is 8.06. The molecule has 1 nitrogen and oxygen atoms in total. The summed E-state index contributed by atoms with van der Waals surface area (Å²) >= 11 is 5.89. The van der Waals surface area contributed by atoms with Crippen LogP contribution in [0.2, 0.25) is 5.02 Å². The van der Waals surface area contributed by atoms with Gasteiger partial charge in [-0.25, -0.2) is 4.39 Å². The SMILES string of the molecule is CC1CC(Nc2ccc(F)cc2Cl)C1. The van der Waals surface area contributed by atoms with Crippen LogP contribution in [0.15, 0.2) is 18.2 Å². The first-order chi connectivity index (χ1) is 6.65. The maximum absolute atomic E-state index is 12.7. The van der Waals surface area contributed by atoms with Gasteiger partial charge in [0.15, 0.2) is 0 Å². The highest BCUT2D eigenvalue weighted by Gasteiger charge is 2.25. The van der Waals surface area contributed by atoms with Crippen LogP contribution in [0, 0.1) is 11.7 Å². The van der Waals surface area contributed by atoms with E-state index in [9.17, 15) is 4.39 Å². The average Bonchev–Trinajstić information content (AvgIpc) is 2.06. The van der Waals surface area contributed by atoms with E-state index in [0.29, 0.717) is 11.1 Å². The fraction of sp³-hybridized carbons (Fsp3) is 0.455. The number of hydrogen-bond donors (Lipinski definition) is 1. The quantitative estimate of drug-likeness (QED) is 0.790. The Balaban J connectivity index is 2.02. The second-order valence-electron chi connectivity index (χ2n) is 4.04. The fourth-order valence-electron chi connectivity index (χ4n) is 1.85. The van der Waals surface area contributed by atoms with E-state index >= 15 is 0 Å². The molecule has 0 saturated heterocycles. The largest absolute Gasteiger partial charge is 0.381 e. The van der Waals surface area contributed by atoms with Crippen LogP contribution < -0.4 is 5.32 Å². The van der Waals surface area contributed by atoms with Gasteiger partial charge in [0.05, 0.1) is 10.7 Å². The Morgan fingerprint density at radius 1 is 1.43 bits per heavy atom. The normalized spacial score (nSPS) is 25.6. The molecule has 76 valence electrons. The van der Waals surface area contributed by atoms with Gasteiger partial charge < -0.3 is 5.32 Å². The van der Waals surface area contributed by atoms with Gasteiger partial charge in [-0.1, -0.05) is 18.5 Å². The van der Waals surface area contributed by atoms with Crippen molar-refractivity contribution >= 4 is 17.3 Å². The highest BCUT2D eigenvalue weighted by molar-refractivity contribution is 6.33. The van der Waals surface area contributed by atoms with Crippen LogP contribution in [0.1, 0.15) is 19.8 Å². The van der Waals surface area contributed by atoms with E-state index in [1.165, 1.54) is 25.0 Å². The highest BCUT2D eigenvalue weighted by atomic mass is 35.5. The first kappa shape index (κ1) is 9.78. The molecule has 0 amide bonds. The smallest absolute Gasteiger partial charge is 0.124 e. The summed E-state index contributed by atoms with van der Waals surface area (Å²) in [5.74, 6) is 0.509. The summed E-state index contributed by atoms with van der Waals surface area (Å²) < 4.78 is 12.7. The van der Waals surface area contributed by atoms with E-state index in [2.05, 4.69) is 12.2 Å². The minimum Gasteiger partial charge on any atom is -0.381 e. The Morgan fingerprint density at radius 3 is 2.71 bits per heavy atom. The lowest BCUT2D eigenvalue weighted by Crippen LogP contribution is -2.33. The zero-order valence-corrected chi connectivity index (χ0v) is 8.81. The summed E-state index contributed by atoms with van der Waals surface area (Å²) in [6, 6.07) is 4.97. The third-order valence-corrected chi connectivity index (χ3v) is 2.98. The van der Waals surface area contributed by atoms with Crippen molar-refractivity contribution in [3.8, 4) is 0 Å². The van der Waals surface area contributed by atoms with Crippen LogP contribution in [-0.2, 0) is 0 Å². The van der Waals surface area contributed by atoms with Crippen LogP contribution in [0.3, 0.4) is 0 Å². The number of anilines is 1. The third kappa shape index (κ3) is 2.01. The number of rotatable bonds is 2. The molecule has 0 aromatic heterocycles. The molecule has 0 heterocycles. The molecule has 1 fully saturated rings. The van der Waals surface area contributed by atoms with Crippen molar-refractivity contribution in [1.82, 2.24) is 0 Å². The van der Waals surface area contributed by atoms with Crippen LogP contribution in [0.5, 0.6) is 0 Å². The van der Waals surface area contributed by atoms with Crippen molar-refractivity contribution in [2.24, 2.45) is 5.92 Å². The zero-order chi connectivity index (χ0) is 10.1. The molecule has 0 unspecified atom stereocenters. The minimum atomic E-state index is -0.289. The Labute approximate surface area is 88.3 Å². The topological polar surface area (TPSA) is 12.0 Å². The predicted molar refractivity (Wildman–Crippen MR) is 57.2 cm³/mol. The van der Waals surface area contributed by atoms with Crippen LogP contribution in [0.4, 0.5) is 10.1 Å². The standard InChI is InChI=1S/C11H13ClFN/c1-7-4-9(5-7)14-11-3-2-8(13)6-10(11)12/h2-3,6-7,9,14H,4-5H2,1H3. The van der Waals surface area contributed by atoms with Crippen molar-refractivity contribution in [3.05, 3.63) is 29.0 Å². The Kier molecular flexibility index (Phi) is 2.64. The van der Waals surface area contributed by atoms with Crippen LogP contribution in [-0.4, -0.2) is 6.04 Å². The number of hydrogen-bond acceptors (Lipinski definition) is 1. The number of halogens is 2. The summed E-state index contributed by atoms with van der Waals surface area (Å²) in [6.07, 6.45) is 2.35. The molecule has 3 heteroatoms. The molecule has 0 bridgehead atoms. The molecule has 1 aromatic carbocycles. The summed E-state index contributed by atoms with van der Waals surface area (Å²) in [5.41, 5.74) is 0.838. The monoisotopic (exact) mass is 213 g/mol. The van der Waals surface area contributed by atoms with Gasteiger partial charge >= 0.3 is 0 Å². The number of benzene rings is 1. The molecule has 0 atom stereocenters. The van der Waals surface area contributed by atoms with E-state index in [1.807, 2.05) is 0 Å². The molecule has 14 heavy (non-hydrogen) atoms. The van der Waals surface area contributed by atoms with Gasteiger partial charge in [-0.3, -0.25) is 0 Å². The van der Waals surface area contributed by atoms with Crippen molar-refractivity contribution < 1.29 is 4.39 Å². The predicted octanol–water partition coefficient (Wildman–Crippen LogP) is 3.69. The fourth-order valence-corrected chi connectivity index (χ4v) is 2.07. The van der Waals surface area contributed by atoms with Gasteiger partial charge in [-0.05, 0) is 37.0 Å². The summed E-state index contributed by atoms with van der Waals surface area (Å²) in [7, 11) is 0. The Morgan fingerprint density at radius 2 is 2.14 bits per heavy atom. The molecular formula is C11H13ClFN. The first-order valence-electron chi connectivity index (χ1n) is 4.87. The lowest BCUT2D eigenvalue weighted by atomic mass is 9.82. The molecular weight excluding hydrogens is 201 g/mol. The summed E-state index contributed by atoms with van der Waals surface area (Å²) in [4.78, 5) is 0. The lowest BCUT2D eigenvalue weighted by Gasteiger charge is -2.34.